The Balaban J connectivity index is 1.77. The standard InChI is InChI=1S/C17H25O4Si/c1-3-19-22(20-4-2)15-8-9-16-14(12-15)13-18-17(21-16)10-6-5-7-11-17/h8-9,12H,3-7,10-11,13H2,1-2H3. The second-order valence-electron chi connectivity index (χ2n) is 5.84. The van der Waals surface area contributed by atoms with Crippen LogP contribution in [0.2, 0.25) is 0 Å². The average molecular weight is 321 g/mol. The Labute approximate surface area is 134 Å². The molecule has 0 aromatic heterocycles. The summed E-state index contributed by atoms with van der Waals surface area (Å²) in [7, 11) is -1.40. The molecule has 1 fully saturated rings. The number of hydrogen-bond donors (Lipinski definition) is 0. The molecule has 2 aliphatic rings. The van der Waals surface area contributed by atoms with Crippen molar-refractivity contribution in [2.75, 3.05) is 13.2 Å². The molecule has 1 radical (unpaired) electrons. The predicted molar refractivity (Wildman–Crippen MR) is 86.3 cm³/mol. The molecule has 4 nitrogen and oxygen atoms in total. The van der Waals surface area contributed by atoms with E-state index < -0.39 is 9.28 Å². The van der Waals surface area contributed by atoms with Gasteiger partial charge in [0.1, 0.15) is 5.75 Å². The van der Waals surface area contributed by atoms with Gasteiger partial charge in [0.25, 0.3) is 0 Å². The Bertz CT molecular complexity index is 493. The maximum absolute atomic E-state index is 6.22. The van der Waals surface area contributed by atoms with E-state index in [4.69, 9.17) is 18.3 Å². The zero-order valence-corrected chi connectivity index (χ0v) is 14.5. The van der Waals surface area contributed by atoms with Crippen molar-refractivity contribution in [3.05, 3.63) is 23.8 Å². The van der Waals surface area contributed by atoms with E-state index in [1.165, 1.54) is 19.3 Å². The summed E-state index contributed by atoms with van der Waals surface area (Å²) >= 11 is 0. The van der Waals surface area contributed by atoms with Crippen molar-refractivity contribution < 1.29 is 18.3 Å². The maximum Gasteiger partial charge on any atom is 0.423 e. The molecule has 121 valence electrons. The van der Waals surface area contributed by atoms with Gasteiger partial charge in [-0.1, -0.05) is 12.5 Å². The fourth-order valence-corrected chi connectivity index (χ4v) is 4.62. The molecule has 0 unspecified atom stereocenters. The van der Waals surface area contributed by atoms with E-state index in [1.807, 2.05) is 13.8 Å². The van der Waals surface area contributed by atoms with Crippen molar-refractivity contribution in [2.24, 2.45) is 0 Å². The molecule has 1 heterocycles. The highest BCUT2D eigenvalue weighted by Crippen LogP contribution is 2.39. The van der Waals surface area contributed by atoms with Gasteiger partial charge < -0.3 is 18.3 Å². The SMILES string of the molecule is CCO[Si](OCC)c1ccc2c(c1)COC1(CCCCC1)O2. The molecule has 0 bridgehead atoms. The lowest BCUT2D eigenvalue weighted by molar-refractivity contribution is -0.222. The molecule has 1 saturated carbocycles. The Morgan fingerprint density at radius 2 is 1.82 bits per heavy atom. The second-order valence-corrected chi connectivity index (χ2v) is 7.57. The van der Waals surface area contributed by atoms with Crippen LogP contribution in [0.15, 0.2) is 18.2 Å². The van der Waals surface area contributed by atoms with E-state index in [1.54, 1.807) is 0 Å². The zero-order valence-electron chi connectivity index (χ0n) is 13.5. The largest absolute Gasteiger partial charge is 0.462 e. The van der Waals surface area contributed by atoms with Crippen LogP contribution in [0.3, 0.4) is 0 Å². The van der Waals surface area contributed by atoms with Crippen LogP contribution in [0.5, 0.6) is 5.75 Å². The first-order valence-electron chi connectivity index (χ1n) is 8.35. The Hall–Kier alpha value is -0.883. The fraction of sp³-hybridized carbons (Fsp3) is 0.647. The summed E-state index contributed by atoms with van der Waals surface area (Å²) in [6.45, 7) is 5.96. The summed E-state index contributed by atoms with van der Waals surface area (Å²) in [5, 5.41) is 1.12. The van der Waals surface area contributed by atoms with Crippen LogP contribution in [0.4, 0.5) is 0 Å². The normalized spacial score (nSPS) is 20.0. The molecule has 1 aromatic carbocycles. The van der Waals surface area contributed by atoms with Crippen LogP contribution in [-0.2, 0) is 20.2 Å². The molecule has 0 saturated heterocycles. The summed E-state index contributed by atoms with van der Waals surface area (Å²) < 4.78 is 23.9. The maximum atomic E-state index is 6.22. The Morgan fingerprint density at radius 3 is 2.50 bits per heavy atom. The van der Waals surface area contributed by atoms with Gasteiger partial charge in [0.15, 0.2) is 0 Å². The van der Waals surface area contributed by atoms with Crippen LogP contribution >= 0.6 is 0 Å². The third-order valence-corrected chi connectivity index (χ3v) is 6.13. The van der Waals surface area contributed by atoms with Gasteiger partial charge in [-0.3, -0.25) is 0 Å². The highest BCUT2D eigenvalue weighted by atomic mass is 28.3. The minimum Gasteiger partial charge on any atom is -0.462 e. The van der Waals surface area contributed by atoms with Crippen molar-refractivity contribution in [2.45, 2.75) is 58.3 Å². The molecule has 5 heteroatoms. The lowest BCUT2D eigenvalue weighted by atomic mass is 9.93. The van der Waals surface area contributed by atoms with Crippen molar-refractivity contribution >= 4 is 14.5 Å². The van der Waals surface area contributed by atoms with E-state index >= 15 is 0 Å². The molecule has 0 atom stereocenters. The molecule has 0 amide bonds. The molecule has 1 aromatic rings. The quantitative estimate of drug-likeness (QED) is 0.781. The fourth-order valence-electron chi connectivity index (χ4n) is 3.17. The van der Waals surface area contributed by atoms with Crippen LogP contribution in [0.25, 0.3) is 0 Å². The minimum atomic E-state index is -1.40. The van der Waals surface area contributed by atoms with Crippen molar-refractivity contribution in [1.29, 1.82) is 0 Å². The van der Waals surface area contributed by atoms with Crippen molar-refractivity contribution in [1.82, 2.24) is 0 Å². The van der Waals surface area contributed by atoms with E-state index in [9.17, 15) is 0 Å². The first kappa shape index (κ1) is 16.0. The highest BCUT2D eigenvalue weighted by Gasteiger charge is 2.39. The monoisotopic (exact) mass is 321 g/mol. The first-order chi connectivity index (χ1) is 10.8. The molecular weight excluding hydrogens is 296 g/mol. The van der Waals surface area contributed by atoms with Gasteiger partial charge in [0, 0.05) is 31.6 Å². The predicted octanol–water partition coefficient (Wildman–Crippen LogP) is 3.02. The van der Waals surface area contributed by atoms with E-state index in [0.29, 0.717) is 19.8 Å². The van der Waals surface area contributed by atoms with Gasteiger partial charge in [-0.05, 0) is 44.0 Å². The Morgan fingerprint density at radius 1 is 1.09 bits per heavy atom. The van der Waals surface area contributed by atoms with Gasteiger partial charge in [0.05, 0.1) is 6.61 Å². The van der Waals surface area contributed by atoms with E-state index in [0.717, 1.165) is 29.3 Å². The highest BCUT2D eigenvalue weighted by molar-refractivity contribution is 6.61. The van der Waals surface area contributed by atoms with Crippen LogP contribution < -0.4 is 9.92 Å². The van der Waals surface area contributed by atoms with Gasteiger partial charge in [-0.2, -0.15) is 0 Å². The van der Waals surface area contributed by atoms with Crippen molar-refractivity contribution in [3.63, 3.8) is 0 Å². The van der Waals surface area contributed by atoms with Crippen molar-refractivity contribution in [3.8, 4) is 5.75 Å². The molecule has 3 rings (SSSR count). The number of benzene rings is 1. The van der Waals surface area contributed by atoms with Crippen LogP contribution in [0, 0.1) is 0 Å². The third-order valence-electron chi connectivity index (χ3n) is 4.25. The smallest absolute Gasteiger partial charge is 0.423 e. The first-order valence-corrected chi connectivity index (χ1v) is 9.67. The van der Waals surface area contributed by atoms with E-state index in [-0.39, 0.29) is 5.79 Å². The van der Waals surface area contributed by atoms with Gasteiger partial charge >= 0.3 is 9.28 Å². The molecule has 1 aliphatic heterocycles. The molecule has 1 spiro atoms. The number of hydrogen-bond acceptors (Lipinski definition) is 4. The summed E-state index contributed by atoms with van der Waals surface area (Å²) in [5.74, 6) is 0.590. The third kappa shape index (κ3) is 3.38. The zero-order chi connectivity index (χ0) is 15.4. The topological polar surface area (TPSA) is 36.9 Å². The second kappa shape index (κ2) is 7.13. The minimum absolute atomic E-state index is 0.375. The summed E-state index contributed by atoms with van der Waals surface area (Å²) in [5.41, 5.74) is 1.11. The van der Waals surface area contributed by atoms with Crippen LogP contribution in [0.1, 0.15) is 51.5 Å². The molecular formula is C17H25O4Si. The molecule has 1 aliphatic carbocycles. The molecule has 0 N–H and O–H groups in total. The number of ether oxygens (including phenoxy) is 2. The van der Waals surface area contributed by atoms with Crippen LogP contribution in [-0.4, -0.2) is 28.3 Å². The van der Waals surface area contributed by atoms with Gasteiger partial charge in [0.2, 0.25) is 5.79 Å². The number of fused-ring (bicyclic) bond motifs is 1. The Kier molecular flexibility index (Phi) is 5.18. The summed E-state index contributed by atoms with van der Waals surface area (Å²) in [6.07, 6.45) is 5.67. The van der Waals surface area contributed by atoms with Gasteiger partial charge in [-0.15, -0.1) is 0 Å². The molecule has 22 heavy (non-hydrogen) atoms. The lowest BCUT2D eigenvalue weighted by Crippen LogP contribution is -2.44. The number of rotatable bonds is 5. The van der Waals surface area contributed by atoms with Gasteiger partial charge in [-0.25, -0.2) is 0 Å². The summed E-state index contributed by atoms with van der Waals surface area (Å²) in [6, 6.07) is 6.27. The summed E-state index contributed by atoms with van der Waals surface area (Å²) in [4.78, 5) is 0. The van der Waals surface area contributed by atoms with E-state index in [2.05, 4.69) is 18.2 Å². The average Bonchev–Trinajstić information content (AvgIpc) is 2.55. The lowest BCUT2D eigenvalue weighted by Gasteiger charge is -2.41.